The number of carbonyl (C=O) groups excluding carboxylic acids is 2. The predicted molar refractivity (Wildman–Crippen MR) is 108 cm³/mol. The van der Waals surface area contributed by atoms with E-state index in [1.165, 1.54) is 0 Å². The second-order valence-electron chi connectivity index (χ2n) is 7.35. The maximum Gasteiger partial charge on any atom is 0.309 e. The van der Waals surface area contributed by atoms with Gasteiger partial charge in [-0.3, -0.25) is 9.59 Å². The Morgan fingerprint density at radius 1 is 0.733 bits per heavy atom. The number of amides is 2. The molecule has 2 N–H and O–H groups in total. The summed E-state index contributed by atoms with van der Waals surface area (Å²) in [5, 5.41) is 5.35. The van der Waals surface area contributed by atoms with Gasteiger partial charge in [-0.05, 0) is 38.1 Å². The van der Waals surface area contributed by atoms with Crippen molar-refractivity contribution in [2.45, 2.75) is 38.1 Å². The van der Waals surface area contributed by atoms with Crippen LogP contribution in [0.25, 0.3) is 0 Å². The molecule has 0 aromatic heterocycles. The Kier molecular flexibility index (Phi) is 5.65. The van der Waals surface area contributed by atoms with Gasteiger partial charge in [0.1, 0.15) is 13.2 Å². The number of carbonyl (C=O) groups is 2. The van der Waals surface area contributed by atoms with Crippen LogP contribution in [-0.2, 0) is 9.59 Å². The molecule has 2 heterocycles. The summed E-state index contributed by atoms with van der Waals surface area (Å²) < 4.78 is 23.1. The molecule has 8 nitrogen and oxygen atoms in total. The van der Waals surface area contributed by atoms with Gasteiger partial charge in [0.15, 0.2) is 35.2 Å². The highest BCUT2D eigenvalue weighted by Crippen LogP contribution is 2.32. The van der Waals surface area contributed by atoms with Gasteiger partial charge in [0.2, 0.25) is 0 Å². The normalized spacial score (nSPS) is 21.1. The third-order valence-electron chi connectivity index (χ3n) is 5.10. The third-order valence-corrected chi connectivity index (χ3v) is 5.10. The highest BCUT2D eigenvalue weighted by Gasteiger charge is 2.31. The lowest BCUT2D eigenvalue weighted by atomic mass is 10.1. The number of hydrogen-bond donors (Lipinski definition) is 2. The zero-order valence-corrected chi connectivity index (χ0v) is 16.8. The van der Waals surface area contributed by atoms with E-state index in [0.717, 1.165) is 0 Å². The molecule has 0 fully saturated rings. The van der Waals surface area contributed by atoms with Crippen LogP contribution in [0.5, 0.6) is 23.0 Å². The average Bonchev–Trinajstić information content (AvgIpc) is 2.78. The molecule has 0 bridgehead atoms. The van der Waals surface area contributed by atoms with Crippen LogP contribution in [0.4, 0.5) is 0 Å². The summed E-state index contributed by atoms with van der Waals surface area (Å²) in [6.07, 6.45) is -0.804. The standard InChI is InChI=1S/C22H24N2O6/c1-13(19-11-27-15-7-3-5-9-17(15)29-19)23-21(25)22(26)24-14(2)20-12-28-16-8-4-6-10-18(16)30-20/h3-10,13-14,19-20H,11-12H2,1-2H3,(H,23,25)(H,24,26)/t13-,14+,19-,20-/m0/s1. The van der Waals surface area contributed by atoms with Gasteiger partial charge in [0, 0.05) is 0 Å². The van der Waals surface area contributed by atoms with Crippen molar-refractivity contribution in [3.8, 4) is 23.0 Å². The number of rotatable bonds is 4. The molecule has 8 heteroatoms. The van der Waals surface area contributed by atoms with E-state index in [1.807, 2.05) is 36.4 Å². The second-order valence-corrected chi connectivity index (χ2v) is 7.35. The molecule has 158 valence electrons. The molecule has 2 aliphatic rings. The summed E-state index contributed by atoms with van der Waals surface area (Å²) in [5.41, 5.74) is 0. The molecule has 0 unspecified atom stereocenters. The fraction of sp³-hybridized carbons (Fsp3) is 0.364. The number of nitrogens with one attached hydrogen (secondary N) is 2. The molecule has 0 spiro atoms. The first-order valence-electron chi connectivity index (χ1n) is 9.89. The lowest BCUT2D eigenvalue weighted by Crippen LogP contribution is -2.55. The van der Waals surface area contributed by atoms with Gasteiger partial charge in [-0.1, -0.05) is 24.3 Å². The van der Waals surface area contributed by atoms with E-state index < -0.39 is 36.1 Å². The summed E-state index contributed by atoms with van der Waals surface area (Å²) in [5.74, 6) is 1.07. The Morgan fingerprint density at radius 2 is 1.10 bits per heavy atom. The van der Waals surface area contributed by atoms with Crippen LogP contribution in [0.2, 0.25) is 0 Å². The number of hydrogen-bond acceptors (Lipinski definition) is 6. The van der Waals surface area contributed by atoms with E-state index >= 15 is 0 Å². The molecule has 2 amide bonds. The van der Waals surface area contributed by atoms with Crippen molar-refractivity contribution >= 4 is 11.8 Å². The highest BCUT2D eigenvalue weighted by molar-refractivity contribution is 6.35. The molecule has 30 heavy (non-hydrogen) atoms. The number of benzene rings is 2. The van der Waals surface area contributed by atoms with Crippen LogP contribution in [-0.4, -0.2) is 49.3 Å². The first-order valence-corrected chi connectivity index (χ1v) is 9.89. The lowest BCUT2D eigenvalue weighted by Gasteiger charge is -2.31. The van der Waals surface area contributed by atoms with Crippen molar-refractivity contribution in [1.29, 1.82) is 0 Å². The van der Waals surface area contributed by atoms with Gasteiger partial charge < -0.3 is 29.6 Å². The van der Waals surface area contributed by atoms with Crippen molar-refractivity contribution in [2.75, 3.05) is 13.2 Å². The minimum absolute atomic E-state index is 0.281. The van der Waals surface area contributed by atoms with Gasteiger partial charge in [0.05, 0.1) is 12.1 Å². The first kappa shape index (κ1) is 19.9. The summed E-state index contributed by atoms with van der Waals surface area (Å²) in [7, 11) is 0. The minimum Gasteiger partial charge on any atom is -0.486 e. The monoisotopic (exact) mass is 412 g/mol. The van der Waals surface area contributed by atoms with E-state index in [-0.39, 0.29) is 13.2 Å². The molecule has 2 aromatic rings. The smallest absolute Gasteiger partial charge is 0.309 e. The maximum atomic E-state index is 12.4. The van der Waals surface area contributed by atoms with E-state index in [4.69, 9.17) is 18.9 Å². The van der Waals surface area contributed by atoms with Gasteiger partial charge in [0.25, 0.3) is 0 Å². The van der Waals surface area contributed by atoms with Gasteiger partial charge in [-0.25, -0.2) is 0 Å². The summed E-state index contributed by atoms with van der Waals surface area (Å²) in [6.45, 7) is 4.10. The molecule has 0 aliphatic carbocycles. The Balaban J connectivity index is 1.28. The molecule has 4 atom stereocenters. The molecule has 0 saturated heterocycles. The summed E-state index contributed by atoms with van der Waals surface area (Å²) in [4.78, 5) is 24.7. The lowest BCUT2D eigenvalue weighted by molar-refractivity contribution is -0.140. The Bertz CT molecular complexity index is 858. The molecule has 2 aliphatic heterocycles. The van der Waals surface area contributed by atoms with Gasteiger partial charge in [-0.2, -0.15) is 0 Å². The Morgan fingerprint density at radius 3 is 1.50 bits per heavy atom. The van der Waals surface area contributed by atoms with Crippen LogP contribution in [0.1, 0.15) is 13.8 Å². The fourth-order valence-corrected chi connectivity index (χ4v) is 3.29. The van der Waals surface area contributed by atoms with Crippen LogP contribution >= 0.6 is 0 Å². The molecule has 2 aromatic carbocycles. The molecule has 4 rings (SSSR count). The number of para-hydroxylation sites is 4. The molecular formula is C22H24N2O6. The Hall–Kier alpha value is -3.42. The van der Waals surface area contributed by atoms with E-state index in [2.05, 4.69) is 10.6 Å². The zero-order valence-electron chi connectivity index (χ0n) is 16.8. The quantitative estimate of drug-likeness (QED) is 0.742. The number of fused-ring (bicyclic) bond motifs is 2. The highest BCUT2D eigenvalue weighted by atomic mass is 16.6. The molecule has 0 radical (unpaired) electrons. The SMILES string of the molecule is C[C@H](NC(=O)C(=O)N[C@H](C)[C@@H]1COc2ccccc2O1)[C@@H]1COc2ccccc2O1. The van der Waals surface area contributed by atoms with Crippen molar-refractivity contribution in [3.63, 3.8) is 0 Å². The van der Waals surface area contributed by atoms with Crippen LogP contribution in [0.15, 0.2) is 48.5 Å². The van der Waals surface area contributed by atoms with E-state index in [1.54, 1.807) is 26.0 Å². The fourth-order valence-electron chi connectivity index (χ4n) is 3.29. The van der Waals surface area contributed by atoms with E-state index in [0.29, 0.717) is 23.0 Å². The summed E-state index contributed by atoms with van der Waals surface area (Å²) >= 11 is 0. The van der Waals surface area contributed by atoms with Crippen molar-refractivity contribution in [2.24, 2.45) is 0 Å². The van der Waals surface area contributed by atoms with Gasteiger partial charge in [-0.15, -0.1) is 0 Å². The second kappa shape index (κ2) is 8.52. The third kappa shape index (κ3) is 4.27. The van der Waals surface area contributed by atoms with E-state index in [9.17, 15) is 9.59 Å². The Labute approximate surface area is 174 Å². The maximum absolute atomic E-state index is 12.4. The van der Waals surface area contributed by atoms with Crippen LogP contribution < -0.4 is 29.6 Å². The molecule has 0 saturated carbocycles. The van der Waals surface area contributed by atoms with Crippen molar-refractivity contribution in [1.82, 2.24) is 10.6 Å². The van der Waals surface area contributed by atoms with Crippen LogP contribution in [0, 0.1) is 0 Å². The largest absolute Gasteiger partial charge is 0.486 e. The minimum atomic E-state index is -0.742. The summed E-state index contributed by atoms with van der Waals surface area (Å²) in [6, 6.07) is 13.8. The molecular weight excluding hydrogens is 388 g/mol. The predicted octanol–water partition coefficient (Wildman–Crippen LogP) is 1.68. The van der Waals surface area contributed by atoms with Crippen molar-refractivity contribution in [3.05, 3.63) is 48.5 Å². The van der Waals surface area contributed by atoms with Crippen molar-refractivity contribution < 1.29 is 28.5 Å². The first-order chi connectivity index (χ1) is 14.5. The van der Waals surface area contributed by atoms with Gasteiger partial charge >= 0.3 is 11.8 Å². The number of ether oxygens (including phenoxy) is 4. The average molecular weight is 412 g/mol. The zero-order chi connectivity index (χ0) is 21.1. The topological polar surface area (TPSA) is 95.1 Å². The van der Waals surface area contributed by atoms with Crippen LogP contribution in [0.3, 0.4) is 0 Å².